The molecule has 0 saturated carbocycles. The van der Waals surface area contributed by atoms with E-state index in [2.05, 4.69) is 201 Å². The van der Waals surface area contributed by atoms with Gasteiger partial charge < -0.3 is 35.8 Å². The lowest BCUT2D eigenvalue weighted by molar-refractivity contribution is 0.414. The molecule has 9 aromatic rings. The highest BCUT2D eigenvalue weighted by atomic mass is 32.2. The molecule has 0 atom stereocenters. The zero-order chi connectivity index (χ0) is 52.7. The van der Waals surface area contributed by atoms with Crippen LogP contribution in [0.15, 0.2) is 199 Å². The van der Waals surface area contributed by atoms with Crippen LogP contribution >= 0.6 is 11.8 Å². The van der Waals surface area contributed by atoms with Crippen molar-refractivity contribution in [2.24, 2.45) is 0 Å². The molecule has 9 aromatic carbocycles. The van der Waals surface area contributed by atoms with Crippen LogP contribution in [-0.2, 0) is 0 Å². The van der Waals surface area contributed by atoms with E-state index in [9.17, 15) is 0 Å². The molecular weight excluding hydrogens is 901 g/mol. The Kier molecular flexibility index (Phi) is 22.9. The fourth-order valence-corrected chi connectivity index (χ4v) is 7.71. The van der Waals surface area contributed by atoms with E-state index >= 15 is 0 Å². The summed E-state index contributed by atoms with van der Waals surface area (Å²) in [6, 6.07) is 66.7. The van der Waals surface area contributed by atoms with Gasteiger partial charge in [-0.05, 0) is 118 Å². The number of ether oxygens (including phenoxy) is 1. The first-order valence-corrected chi connectivity index (χ1v) is 25.3. The lowest BCUT2D eigenvalue weighted by atomic mass is 10.0. The molecule has 0 aromatic heterocycles. The molecule has 0 aliphatic rings. The van der Waals surface area contributed by atoms with Gasteiger partial charge in [-0.1, -0.05) is 144 Å². The Morgan fingerprint density at radius 2 is 0.653 bits per heavy atom. The molecule has 376 valence electrons. The van der Waals surface area contributed by atoms with Gasteiger partial charge in [0.25, 0.3) is 0 Å². The maximum Gasteiger partial charge on any atom is 0.118 e. The van der Waals surface area contributed by atoms with Crippen molar-refractivity contribution in [3.05, 3.63) is 216 Å². The summed E-state index contributed by atoms with van der Waals surface area (Å²) >= 11 is 1.78. The standard InChI is InChI=1S/C15H17N.2C12H14N2.C9H13N.C8H10O.C8H10S/c1-12-4-6-13(7-5-12)14-8-10-15(11-9-14)16(2)3;2*1-14(2)12-8-4-5-9-10(12)6-3-7-11(9)13;1-8-4-6-9(7-5-8)10(2)3;2*1-7-3-5-8(9-2)6-4-7/h4-11H,1-3H3;2*3-8H,13H2,1-2H3;4-7H,1-3H3;2*3-6H,1-2H3. The number of benzene rings is 9. The normalized spacial score (nSPS) is 9.97. The lowest BCUT2D eigenvalue weighted by Gasteiger charge is -2.15. The minimum Gasteiger partial charge on any atom is -0.497 e. The van der Waals surface area contributed by atoms with Crippen molar-refractivity contribution < 1.29 is 4.74 Å². The maximum absolute atomic E-state index is 5.91. The fraction of sp³-hybridized carbons (Fsp3) is 0.219. The Morgan fingerprint density at radius 1 is 0.347 bits per heavy atom. The van der Waals surface area contributed by atoms with E-state index in [-0.39, 0.29) is 0 Å². The third kappa shape index (κ3) is 18.0. The van der Waals surface area contributed by atoms with Crippen LogP contribution in [-0.4, -0.2) is 69.7 Å². The van der Waals surface area contributed by atoms with E-state index in [0.717, 1.165) is 27.9 Å². The largest absolute Gasteiger partial charge is 0.497 e. The summed E-state index contributed by atoms with van der Waals surface area (Å²) in [6.07, 6.45) is 2.09. The summed E-state index contributed by atoms with van der Waals surface area (Å²) in [5, 5.41) is 4.66. The average molecular weight is 979 g/mol. The first-order valence-electron chi connectivity index (χ1n) is 24.1. The summed E-state index contributed by atoms with van der Waals surface area (Å²) in [7, 11) is 18.0. The van der Waals surface area contributed by atoms with E-state index < -0.39 is 0 Å². The highest BCUT2D eigenvalue weighted by Gasteiger charge is 2.05. The first kappa shape index (κ1) is 57.0. The monoisotopic (exact) mass is 979 g/mol. The number of fused-ring (bicyclic) bond motifs is 2. The third-order valence-corrected chi connectivity index (χ3v) is 12.4. The molecule has 0 bridgehead atoms. The zero-order valence-corrected chi connectivity index (χ0v) is 46.1. The van der Waals surface area contributed by atoms with Crippen LogP contribution in [0.1, 0.15) is 22.3 Å². The van der Waals surface area contributed by atoms with E-state index in [1.54, 1.807) is 18.9 Å². The Morgan fingerprint density at radius 3 is 1.00 bits per heavy atom. The lowest BCUT2D eigenvalue weighted by Crippen LogP contribution is -2.08. The van der Waals surface area contributed by atoms with Crippen LogP contribution in [0.5, 0.6) is 5.75 Å². The van der Waals surface area contributed by atoms with Crippen molar-refractivity contribution in [2.75, 3.05) is 101 Å². The molecule has 0 spiro atoms. The number of nitrogens with two attached hydrogens (primary N) is 2. The van der Waals surface area contributed by atoms with Crippen molar-refractivity contribution >= 4 is 67.4 Å². The van der Waals surface area contributed by atoms with Crippen LogP contribution in [0.3, 0.4) is 0 Å². The summed E-state index contributed by atoms with van der Waals surface area (Å²) in [5.41, 5.74) is 26.1. The number of nitrogens with zero attached hydrogens (tertiary/aromatic N) is 4. The van der Waals surface area contributed by atoms with Gasteiger partial charge in [-0.3, -0.25) is 0 Å². The Bertz CT molecular complexity index is 2830. The Balaban J connectivity index is 0.000000190. The van der Waals surface area contributed by atoms with Gasteiger partial charge in [-0.2, -0.15) is 0 Å². The van der Waals surface area contributed by atoms with Gasteiger partial charge in [-0.15, -0.1) is 11.8 Å². The van der Waals surface area contributed by atoms with E-state index in [0.29, 0.717) is 0 Å². The molecule has 0 amide bonds. The topological polar surface area (TPSA) is 74.2 Å². The van der Waals surface area contributed by atoms with Gasteiger partial charge in [0.15, 0.2) is 0 Å². The van der Waals surface area contributed by atoms with Crippen molar-refractivity contribution in [1.29, 1.82) is 0 Å². The number of thioether (sulfide) groups is 1. The molecule has 4 N–H and O–H groups in total. The molecule has 0 saturated heterocycles. The van der Waals surface area contributed by atoms with Crippen LogP contribution in [0.2, 0.25) is 0 Å². The number of nitrogen functional groups attached to an aromatic ring is 2. The predicted octanol–water partition coefficient (Wildman–Crippen LogP) is 15.5. The number of hydrogen-bond acceptors (Lipinski definition) is 8. The second-order valence-electron chi connectivity index (χ2n) is 18.3. The van der Waals surface area contributed by atoms with Gasteiger partial charge in [0.05, 0.1) is 7.11 Å². The zero-order valence-electron chi connectivity index (χ0n) is 45.2. The van der Waals surface area contributed by atoms with Crippen molar-refractivity contribution in [1.82, 2.24) is 0 Å². The Hall–Kier alpha value is -7.55. The van der Waals surface area contributed by atoms with Crippen LogP contribution < -0.4 is 35.8 Å². The third-order valence-electron chi connectivity index (χ3n) is 11.7. The molecule has 0 fully saturated rings. The van der Waals surface area contributed by atoms with E-state index in [4.69, 9.17) is 16.2 Å². The summed E-state index contributed by atoms with van der Waals surface area (Å²) < 4.78 is 4.97. The van der Waals surface area contributed by atoms with Crippen LogP contribution in [0.25, 0.3) is 32.7 Å². The minimum absolute atomic E-state index is 0.839. The smallest absolute Gasteiger partial charge is 0.118 e. The molecule has 0 heterocycles. The second kappa shape index (κ2) is 29.0. The second-order valence-corrected chi connectivity index (χ2v) is 19.2. The first-order chi connectivity index (χ1) is 34.4. The molecule has 0 unspecified atom stereocenters. The van der Waals surface area contributed by atoms with E-state index in [1.165, 1.54) is 71.8 Å². The van der Waals surface area contributed by atoms with Crippen LogP contribution in [0, 0.1) is 27.7 Å². The molecule has 9 rings (SSSR count). The van der Waals surface area contributed by atoms with Crippen molar-refractivity contribution in [2.45, 2.75) is 32.6 Å². The average Bonchev–Trinajstić information content (AvgIpc) is 3.38. The maximum atomic E-state index is 5.91. The van der Waals surface area contributed by atoms with Gasteiger partial charge in [-0.25, -0.2) is 0 Å². The Labute approximate surface area is 436 Å². The molecular formula is C64H78N6OS. The number of hydrogen-bond donors (Lipinski definition) is 2. The summed E-state index contributed by atoms with van der Waals surface area (Å²) in [6.45, 7) is 8.36. The molecule has 8 heteroatoms. The summed E-state index contributed by atoms with van der Waals surface area (Å²) in [5.74, 6) is 0.917. The highest BCUT2D eigenvalue weighted by molar-refractivity contribution is 7.98. The number of rotatable bonds is 7. The predicted molar refractivity (Wildman–Crippen MR) is 323 cm³/mol. The quantitative estimate of drug-likeness (QED) is 0.121. The van der Waals surface area contributed by atoms with Crippen molar-refractivity contribution in [3.63, 3.8) is 0 Å². The van der Waals surface area contributed by atoms with Gasteiger partial charge in [0, 0.05) is 117 Å². The van der Waals surface area contributed by atoms with Crippen molar-refractivity contribution in [3.8, 4) is 16.9 Å². The number of anilines is 6. The molecule has 0 aliphatic carbocycles. The van der Waals surface area contributed by atoms with Gasteiger partial charge >= 0.3 is 0 Å². The van der Waals surface area contributed by atoms with Gasteiger partial charge in [0.2, 0.25) is 0 Å². The van der Waals surface area contributed by atoms with Crippen LogP contribution in [0.4, 0.5) is 34.1 Å². The summed E-state index contributed by atoms with van der Waals surface area (Å²) in [4.78, 5) is 9.74. The van der Waals surface area contributed by atoms with Gasteiger partial charge in [0.1, 0.15) is 5.75 Å². The molecule has 0 radical (unpaired) electrons. The van der Waals surface area contributed by atoms with E-state index in [1.807, 2.05) is 103 Å². The number of methoxy groups -OCH3 is 1. The highest BCUT2D eigenvalue weighted by Crippen LogP contribution is 2.30. The molecule has 0 aliphatic heterocycles. The molecule has 7 nitrogen and oxygen atoms in total. The fourth-order valence-electron chi connectivity index (χ4n) is 7.30. The molecule has 72 heavy (non-hydrogen) atoms. The SMILES string of the molecule is CN(C)c1cccc2c(N)cccc12.CN(C)c1cccc2c(N)cccc12.COc1ccc(C)cc1.CSc1ccc(C)cc1.Cc1ccc(-c2ccc(N(C)C)cc2)cc1.Cc1ccc(N(C)C)cc1. The minimum atomic E-state index is 0.839. The number of aryl methyl sites for hydroxylation is 4.